The lowest BCUT2D eigenvalue weighted by atomic mass is 9.98. The molecule has 0 aliphatic rings. The molecule has 0 atom stereocenters. The third kappa shape index (κ3) is 3.39. The molecule has 17 heavy (non-hydrogen) atoms. The van der Waals surface area contributed by atoms with Gasteiger partial charge in [-0.05, 0) is 24.6 Å². The Kier molecular flexibility index (Phi) is 4.86. The van der Waals surface area contributed by atoms with Gasteiger partial charge in [-0.2, -0.15) is 0 Å². The van der Waals surface area contributed by atoms with Gasteiger partial charge in [-0.25, -0.2) is 4.39 Å². The highest BCUT2D eigenvalue weighted by Crippen LogP contribution is 2.19. The number of phenolic OH excluding ortho intramolecular Hbond substituents is 1. The first-order chi connectivity index (χ1) is 8.06. The molecule has 0 aliphatic heterocycles. The second kappa shape index (κ2) is 5.95. The first-order valence-electron chi connectivity index (χ1n) is 5.51. The smallest absolute Gasteiger partial charge is 0.123 e. The molecule has 0 saturated carbocycles. The molecule has 0 radical (unpaired) electrons. The summed E-state index contributed by atoms with van der Waals surface area (Å²) in [6, 6.07) is 3.67. The standard InChI is InChI=1S/C12H18FNO3/c1-2-12(7-15,8-16)14-6-9-5-10(13)3-4-11(9)17/h3-5,14-17H,2,6-8H2,1H3. The van der Waals surface area contributed by atoms with Crippen LogP contribution in [0.2, 0.25) is 0 Å². The van der Waals surface area contributed by atoms with Crippen LogP contribution in [0.15, 0.2) is 18.2 Å². The van der Waals surface area contributed by atoms with Crippen LogP contribution in [0.1, 0.15) is 18.9 Å². The Hall–Kier alpha value is -1.17. The van der Waals surface area contributed by atoms with Crippen LogP contribution >= 0.6 is 0 Å². The van der Waals surface area contributed by atoms with Crippen molar-refractivity contribution in [2.24, 2.45) is 0 Å². The van der Waals surface area contributed by atoms with Gasteiger partial charge in [-0.15, -0.1) is 0 Å². The lowest BCUT2D eigenvalue weighted by Crippen LogP contribution is -2.50. The predicted octanol–water partition coefficient (Wildman–Crippen LogP) is 0.754. The van der Waals surface area contributed by atoms with Crippen LogP contribution in [0.3, 0.4) is 0 Å². The maximum Gasteiger partial charge on any atom is 0.123 e. The van der Waals surface area contributed by atoms with Gasteiger partial charge in [0, 0.05) is 12.1 Å². The quantitative estimate of drug-likeness (QED) is 0.595. The molecule has 0 unspecified atom stereocenters. The number of benzene rings is 1. The number of hydrogen-bond acceptors (Lipinski definition) is 4. The zero-order valence-electron chi connectivity index (χ0n) is 9.78. The summed E-state index contributed by atoms with van der Waals surface area (Å²) in [4.78, 5) is 0. The third-order valence-electron chi connectivity index (χ3n) is 2.98. The normalized spacial score (nSPS) is 11.8. The van der Waals surface area contributed by atoms with Crippen LogP contribution in [0.25, 0.3) is 0 Å². The zero-order valence-corrected chi connectivity index (χ0v) is 9.78. The zero-order chi connectivity index (χ0) is 12.9. The summed E-state index contributed by atoms with van der Waals surface area (Å²) in [5.41, 5.74) is -0.414. The molecule has 0 spiro atoms. The molecule has 0 amide bonds. The van der Waals surface area contributed by atoms with Crippen molar-refractivity contribution < 1.29 is 19.7 Å². The fraction of sp³-hybridized carbons (Fsp3) is 0.500. The minimum Gasteiger partial charge on any atom is -0.508 e. The number of aliphatic hydroxyl groups is 2. The SMILES string of the molecule is CCC(CO)(CO)NCc1cc(F)ccc1O. The van der Waals surface area contributed by atoms with Crippen molar-refractivity contribution in [3.05, 3.63) is 29.6 Å². The lowest BCUT2D eigenvalue weighted by Gasteiger charge is -2.30. The van der Waals surface area contributed by atoms with E-state index in [-0.39, 0.29) is 25.5 Å². The minimum atomic E-state index is -0.807. The average Bonchev–Trinajstić information content (AvgIpc) is 2.35. The van der Waals surface area contributed by atoms with E-state index in [1.807, 2.05) is 6.92 Å². The fourth-order valence-corrected chi connectivity index (χ4v) is 1.49. The Bertz CT molecular complexity index is 359. The van der Waals surface area contributed by atoms with Crippen molar-refractivity contribution in [1.29, 1.82) is 0 Å². The van der Waals surface area contributed by atoms with Crippen LogP contribution in [0, 0.1) is 5.82 Å². The number of nitrogens with one attached hydrogen (secondary N) is 1. The van der Waals surface area contributed by atoms with E-state index < -0.39 is 11.4 Å². The molecule has 0 heterocycles. The van der Waals surface area contributed by atoms with E-state index in [2.05, 4.69) is 5.32 Å². The monoisotopic (exact) mass is 243 g/mol. The molecule has 0 saturated heterocycles. The van der Waals surface area contributed by atoms with Crippen LogP contribution in [0.4, 0.5) is 4.39 Å². The van der Waals surface area contributed by atoms with Gasteiger partial charge in [-0.3, -0.25) is 0 Å². The largest absolute Gasteiger partial charge is 0.508 e. The van der Waals surface area contributed by atoms with E-state index in [0.29, 0.717) is 12.0 Å². The molecule has 5 heteroatoms. The molecule has 0 fully saturated rings. The average molecular weight is 243 g/mol. The minimum absolute atomic E-state index is 0.0141. The number of phenols is 1. The van der Waals surface area contributed by atoms with Gasteiger partial charge in [0.1, 0.15) is 11.6 Å². The van der Waals surface area contributed by atoms with Gasteiger partial charge >= 0.3 is 0 Å². The van der Waals surface area contributed by atoms with Crippen molar-refractivity contribution in [2.75, 3.05) is 13.2 Å². The van der Waals surface area contributed by atoms with Crippen molar-refractivity contribution in [3.63, 3.8) is 0 Å². The van der Waals surface area contributed by atoms with Gasteiger partial charge < -0.3 is 20.6 Å². The molecule has 1 aromatic carbocycles. The van der Waals surface area contributed by atoms with E-state index in [1.54, 1.807) is 0 Å². The Balaban J connectivity index is 2.75. The molecule has 0 aromatic heterocycles. The summed E-state index contributed by atoms with van der Waals surface area (Å²) in [5.74, 6) is -0.450. The second-order valence-electron chi connectivity index (χ2n) is 4.08. The second-order valence-corrected chi connectivity index (χ2v) is 4.08. The first kappa shape index (κ1) is 13.9. The van der Waals surface area contributed by atoms with E-state index in [0.717, 1.165) is 0 Å². The van der Waals surface area contributed by atoms with E-state index in [4.69, 9.17) is 0 Å². The van der Waals surface area contributed by atoms with Crippen molar-refractivity contribution in [2.45, 2.75) is 25.4 Å². The third-order valence-corrected chi connectivity index (χ3v) is 2.98. The summed E-state index contributed by atoms with van der Waals surface area (Å²) in [5, 5.41) is 30.9. The van der Waals surface area contributed by atoms with Crippen molar-refractivity contribution >= 4 is 0 Å². The van der Waals surface area contributed by atoms with Crippen LogP contribution < -0.4 is 5.32 Å². The van der Waals surface area contributed by atoms with Crippen LogP contribution in [-0.2, 0) is 6.54 Å². The summed E-state index contributed by atoms with van der Waals surface area (Å²) in [7, 11) is 0. The first-order valence-corrected chi connectivity index (χ1v) is 5.51. The fourth-order valence-electron chi connectivity index (χ4n) is 1.49. The Morgan fingerprint density at radius 3 is 2.47 bits per heavy atom. The molecule has 1 rings (SSSR count). The number of hydrogen-bond donors (Lipinski definition) is 4. The summed E-state index contributed by atoms with van der Waals surface area (Å²) < 4.78 is 13.0. The van der Waals surface area contributed by atoms with Gasteiger partial charge in [0.15, 0.2) is 0 Å². The maximum atomic E-state index is 13.0. The van der Waals surface area contributed by atoms with Crippen molar-refractivity contribution in [1.82, 2.24) is 5.32 Å². The molecule has 1 aromatic rings. The molecule has 4 nitrogen and oxygen atoms in total. The summed E-state index contributed by atoms with van der Waals surface area (Å²) in [6.07, 6.45) is 0.524. The number of aromatic hydroxyl groups is 1. The Morgan fingerprint density at radius 1 is 1.29 bits per heavy atom. The predicted molar refractivity (Wildman–Crippen MR) is 62.1 cm³/mol. The molecule has 0 aliphatic carbocycles. The summed E-state index contributed by atoms with van der Waals surface area (Å²) in [6.45, 7) is 1.55. The molecule has 0 bridgehead atoms. The molecular formula is C12H18FNO3. The van der Waals surface area contributed by atoms with Crippen LogP contribution in [-0.4, -0.2) is 34.1 Å². The van der Waals surface area contributed by atoms with Crippen molar-refractivity contribution in [3.8, 4) is 5.75 Å². The highest BCUT2D eigenvalue weighted by Gasteiger charge is 2.25. The number of rotatable bonds is 6. The van der Waals surface area contributed by atoms with Crippen LogP contribution in [0.5, 0.6) is 5.75 Å². The highest BCUT2D eigenvalue weighted by molar-refractivity contribution is 5.32. The number of halogens is 1. The van der Waals surface area contributed by atoms with Gasteiger partial charge in [-0.1, -0.05) is 6.92 Å². The topological polar surface area (TPSA) is 72.7 Å². The highest BCUT2D eigenvalue weighted by atomic mass is 19.1. The van der Waals surface area contributed by atoms with Gasteiger partial charge in [0.2, 0.25) is 0 Å². The summed E-state index contributed by atoms with van der Waals surface area (Å²) >= 11 is 0. The number of aliphatic hydroxyl groups excluding tert-OH is 2. The Morgan fingerprint density at radius 2 is 1.94 bits per heavy atom. The lowest BCUT2D eigenvalue weighted by molar-refractivity contribution is 0.0862. The Labute approximate surface area is 99.7 Å². The molecule has 4 N–H and O–H groups in total. The van der Waals surface area contributed by atoms with E-state index >= 15 is 0 Å². The van der Waals surface area contributed by atoms with E-state index in [1.165, 1.54) is 18.2 Å². The molecule has 96 valence electrons. The van der Waals surface area contributed by atoms with Gasteiger partial charge in [0.05, 0.1) is 18.8 Å². The van der Waals surface area contributed by atoms with E-state index in [9.17, 15) is 19.7 Å². The molecular weight excluding hydrogens is 225 g/mol. The maximum absolute atomic E-state index is 13.0. The van der Waals surface area contributed by atoms with Gasteiger partial charge in [0.25, 0.3) is 0 Å².